The number of halogens is 1. The van der Waals surface area contributed by atoms with Crippen LogP contribution in [-0.2, 0) is 5.41 Å². The lowest BCUT2D eigenvalue weighted by atomic mass is 9.57. The van der Waals surface area contributed by atoms with Gasteiger partial charge in [0.2, 0.25) is 0 Å². The minimum Gasteiger partial charge on any atom is -0.289 e. The zero-order chi connectivity index (χ0) is 26.2. The lowest BCUT2D eigenvalue weighted by Gasteiger charge is -2.48. The summed E-state index contributed by atoms with van der Waals surface area (Å²) in [6.07, 6.45) is 0. The van der Waals surface area contributed by atoms with E-state index in [-0.39, 0.29) is 11.7 Å². The van der Waals surface area contributed by atoms with E-state index in [1.165, 1.54) is 11.3 Å². The summed E-state index contributed by atoms with van der Waals surface area (Å²) in [6, 6.07) is 30.3. The molecule has 7 rings (SSSR count). The molecule has 1 aliphatic heterocycles. The van der Waals surface area contributed by atoms with Crippen LogP contribution in [0.25, 0.3) is 0 Å². The summed E-state index contributed by atoms with van der Waals surface area (Å²) in [6.45, 7) is 4.15. The average Bonchev–Trinajstić information content (AvgIpc) is 3.37. The van der Waals surface area contributed by atoms with E-state index in [0.717, 1.165) is 48.5 Å². The van der Waals surface area contributed by atoms with E-state index in [1.807, 2.05) is 52.7 Å². The molecule has 0 unspecified atom stereocenters. The second kappa shape index (κ2) is 8.35. The van der Waals surface area contributed by atoms with Crippen molar-refractivity contribution in [1.29, 1.82) is 0 Å². The van der Waals surface area contributed by atoms with Gasteiger partial charge in [0.15, 0.2) is 5.78 Å². The first-order valence-electron chi connectivity index (χ1n) is 12.5. The third-order valence-corrected chi connectivity index (χ3v) is 9.48. The largest absolute Gasteiger partial charge is 0.289 e. The van der Waals surface area contributed by atoms with E-state index in [2.05, 4.69) is 78.3 Å². The summed E-state index contributed by atoms with van der Waals surface area (Å²) in [7, 11) is 0. The number of nitrogens with zero attached hydrogens (tertiary/aromatic N) is 1. The summed E-state index contributed by atoms with van der Waals surface area (Å²) in [4.78, 5) is 29.9. The number of rotatable bonds is 1. The summed E-state index contributed by atoms with van der Waals surface area (Å²) in [5.74, 6) is -0.0532. The molecule has 0 saturated heterocycles. The number of anilines is 2. The van der Waals surface area contributed by atoms with Gasteiger partial charge in [-0.15, -0.1) is 11.3 Å². The number of hydrogen-bond donors (Lipinski definition) is 0. The number of ketones is 1. The van der Waals surface area contributed by atoms with Crippen molar-refractivity contribution in [1.82, 2.24) is 0 Å². The third kappa shape index (κ3) is 3.00. The van der Waals surface area contributed by atoms with E-state index in [4.69, 9.17) is 0 Å². The molecule has 4 aromatic carbocycles. The normalized spacial score (nSPS) is 14.5. The predicted molar refractivity (Wildman–Crippen MR) is 156 cm³/mol. The predicted octanol–water partition coefficient (Wildman–Crippen LogP) is 8.35. The van der Waals surface area contributed by atoms with Crippen LogP contribution in [-0.4, -0.2) is 11.7 Å². The lowest BCUT2D eigenvalue weighted by molar-refractivity contribution is 0.0994. The van der Waals surface area contributed by atoms with Gasteiger partial charge < -0.3 is 0 Å². The number of benzene rings is 4. The maximum Gasteiger partial charge on any atom is 0.264 e. The molecule has 0 N–H and O–H groups in total. The van der Waals surface area contributed by atoms with Crippen molar-refractivity contribution in [2.75, 3.05) is 4.90 Å². The number of amides is 1. The molecule has 184 valence electrons. The Morgan fingerprint density at radius 3 is 1.76 bits per heavy atom. The second-order valence-electron chi connectivity index (χ2n) is 9.96. The van der Waals surface area contributed by atoms with Crippen LogP contribution in [0.2, 0.25) is 0 Å². The minimum atomic E-state index is -0.757. The van der Waals surface area contributed by atoms with Crippen LogP contribution in [0.15, 0.2) is 100 Å². The van der Waals surface area contributed by atoms with Crippen molar-refractivity contribution in [2.45, 2.75) is 19.3 Å². The fraction of sp³-hybridized carbons (Fsp3) is 0.0909. The molecule has 0 saturated carbocycles. The summed E-state index contributed by atoms with van der Waals surface area (Å²) in [5.41, 5.74) is 9.02. The summed E-state index contributed by atoms with van der Waals surface area (Å²) in [5, 5.41) is 1.92. The number of carbonyl (C=O) groups excluding carboxylic acids is 2. The van der Waals surface area contributed by atoms with Crippen LogP contribution in [0, 0.1) is 13.8 Å². The number of carbonyl (C=O) groups is 2. The smallest absolute Gasteiger partial charge is 0.264 e. The molecule has 1 aromatic heterocycles. The number of hydrogen-bond acceptors (Lipinski definition) is 3. The highest BCUT2D eigenvalue weighted by atomic mass is 79.9. The zero-order valence-electron chi connectivity index (χ0n) is 20.8. The van der Waals surface area contributed by atoms with Gasteiger partial charge in [0.25, 0.3) is 5.91 Å². The van der Waals surface area contributed by atoms with Gasteiger partial charge in [-0.2, -0.15) is 0 Å². The molecule has 2 heterocycles. The number of aryl methyl sites for hydroxylation is 2. The van der Waals surface area contributed by atoms with Crippen molar-refractivity contribution < 1.29 is 9.59 Å². The van der Waals surface area contributed by atoms with E-state index >= 15 is 0 Å². The molecule has 38 heavy (non-hydrogen) atoms. The van der Waals surface area contributed by atoms with Crippen LogP contribution in [0.5, 0.6) is 0 Å². The van der Waals surface area contributed by atoms with Gasteiger partial charge in [0.1, 0.15) is 0 Å². The topological polar surface area (TPSA) is 37.4 Å². The Kier molecular flexibility index (Phi) is 5.13. The highest BCUT2D eigenvalue weighted by Crippen LogP contribution is 2.59. The minimum absolute atomic E-state index is 0.0333. The van der Waals surface area contributed by atoms with Crippen LogP contribution in [0.1, 0.15) is 59.7 Å². The summed E-state index contributed by atoms with van der Waals surface area (Å²) >= 11 is 5.09. The molecule has 3 nitrogen and oxygen atoms in total. The van der Waals surface area contributed by atoms with Crippen LogP contribution in [0.4, 0.5) is 11.4 Å². The fourth-order valence-electron chi connectivity index (χ4n) is 6.24. The highest BCUT2D eigenvalue weighted by molar-refractivity contribution is 9.11. The SMILES string of the molecule is Cc1ccc2c(c1)C1(c3ccccc3C(=O)c3ccccc31)c1cc(C)ccc1N2C(=O)c1ccsc1Br. The Morgan fingerprint density at radius 1 is 0.737 bits per heavy atom. The third-order valence-electron chi connectivity index (χ3n) is 7.80. The highest BCUT2D eigenvalue weighted by Gasteiger charge is 2.52. The Balaban J connectivity index is 1.67. The van der Waals surface area contributed by atoms with E-state index in [9.17, 15) is 9.59 Å². The van der Waals surface area contributed by atoms with Crippen molar-refractivity contribution in [3.8, 4) is 0 Å². The molecule has 1 spiro atoms. The van der Waals surface area contributed by atoms with Crippen molar-refractivity contribution in [3.63, 3.8) is 0 Å². The first-order valence-corrected chi connectivity index (χ1v) is 14.1. The van der Waals surface area contributed by atoms with E-state index in [0.29, 0.717) is 16.7 Å². The molecule has 0 atom stereocenters. The van der Waals surface area contributed by atoms with Gasteiger partial charge in [-0.05, 0) is 75.6 Å². The monoisotopic (exact) mass is 575 g/mol. The van der Waals surface area contributed by atoms with Gasteiger partial charge in [0.05, 0.1) is 26.1 Å². The van der Waals surface area contributed by atoms with E-state index in [1.54, 1.807) is 0 Å². The first kappa shape index (κ1) is 23.3. The lowest BCUT2D eigenvalue weighted by Crippen LogP contribution is -2.44. The second-order valence-corrected chi connectivity index (χ2v) is 12.2. The van der Waals surface area contributed by atoms with Gasteiger partial charge in [-0.1, -0.05) is 83.9 Å². The number of thiophene rings is 1. The Hall–Kier alpha value is -3.80. The van der Waals surface area contributed by atoms with Crippen molar-refractivity contribution in [3.05, 3.63) is 150 Å². The van der Waals surface area contributed by atoms with Crippen molar-refractivity contribution in [2.24, 2.45) is 0 Å². The Bertz CT molecular complexity index is 1710. The van der Waals surface area contributed by atoms with Crippen LogP contribution < -0.4 is 4.90 Å². The summed E-state index contributed by atoms with van der Waals surface area (Å²) < 4.78 is 0.809. The van der Waals surface area contributed by atoms with Gasteiger partial charge in [-0.3, -0.25) is 14.5 Å². The van der Waals surface area contributed by atoms with E-state index < -0.39 is 5.41 Å². The quantitative estimate of drug-likeness (QED) is 0.197. The maximum absolute atomic E-state index is 14.2. The molecular formula is C33H22BrNO2S. The van der Waals surface area contributed by atoms with Crippen LogP contribution in [0.3, 0.4) is 0 Å². The molecule has 1 amide bonds. The standard InChI is InChI=1S/C33H22BrNO2S/c1-19-11-13-28-26(17-19)33(24-9-5-3-7-21(24)30(36)22-8-4-6-10-25(22)33)27-18-20(2)12-14-29(27)35(28)32(37)23-15-16-38-31(23)34/h3-18H,1-2H3. The van der Waals surface area contributed by atoms with Gasteiger partial charge in [-0.25, -0.2) is 0 Å². The zero-order valence-corrected chi connectivity index (χ0v) is 23.2. The first-order chi connectivity index (χ1) is 18.4. The molecule has 0 bridgehead atoms. The number of fused-ring (bicyclic) bond motifs is 8. The Labute approximate surface area is 233 Å². The molecule has 2 aliphatic rings. The fourth-order valence-corrected chi connectivity index (χ4v) is 7.47. The molecule has 5 aromatic rings. The average molecular weight is 577 g/mol. The molecule has 1 aliphatic carbocycles. The Morgan fingerprint density at radius 2 is 1.26 bits per heavy atom. The van der Waals surface area contributed by atoms with Crippen LogP contribution >= 0.6 is 27.3 Å². The van der Waals surface area contributed by atoms with Crippen molar-refractivity contribution >= 4 is 50.3 Å². The molecular weight excluding hydrogens is 554 g/mol. The molecule has 0 fully saturated rings. The van der Waals surface area contributed by atoms with Gasteiger partial charge >= 0.3 is 0 Å². The molecule has 0 radical (unpaired) electrons. The maximum atomic E-state index is 14.2. The van der Waals surface area contributed by atoms with Gasteiger partial charge in [0, 0.05) is 11.1 Å². The molecule has 5 heteroatoms.